The second-order valence-electron chi connectivity index (χ2n) is 4.44. The first kappa shape index (κ1) is 15.5. The molecule has 2 N–H and O–H groups in total. The van der Waals surface area contributed by atoms with Crippen molar-refractivity contribution in [3.05, 3.63) is 29.8 Å². The van der Waals surface area contributed by atoms with Gasteiger partial charge in [0.25, 0.3) is 0 Å². The second-order valence-corrected chi connectivity index (χ2v) is 4.44. The average molecular weight is 267 g/mol. The fourth-order valence-corrected chi connectivity index (χ4v) is 1.65. The number of nitrogens with one attached hydrogen (secondary N) is 1. The lowest BCUT2D eigenvalue weighted by atomic mass is 10.0. The number of aliphatic hydroxyl groups excluding tert-OH is 1. The zero-order valence-corrected chi connectivity index (χ0v) is 11.6. The number of para-hydroxylation sites is 1. The van der Waals surface area contributed by atoms with E-state index in [1.165, 1.54) is 7.11 Å². The van der Waals surface area contributed by atoms with Gasteiger partial charge in [-0.2, -0.15) is 0 Å². The fourth-order valence-electron chi connectivity index (χ4n) is 1.65. The van der Waals surface area contributed by atoms with Crippen LogP contribution in [0.25, 0.3) is 0 Å². The summed E-state index contributed by atoms with van der Waals surface area (Å²) in [6.45, 7) is 1.92. The van der Waals surface area contributed by atoms with E-state index < -0.39 is 5.54 Å². The highest BCUT2D eigenvalue weighted by Crippen LogP contribution is 2.20. The first-order valence-electron chi connectivity index (χ1n) is 6.16. The maximum Gasteiger partial charge on any atom is 0.329 e. The third-order valence-corrected chi connectivity index (χ3v) is 3.06. The molecule has 1 aromatic rings. The maximum atomic E-state index is 11.7. The van der Waals surface area contributed by atoms with Crippen LogP contribution in [0, 0.1) is 0 Å². The van der Waals surface area contributed by atoms with Crippen LogP contribution in [0.1, 0.15) is 12.5 Å². The number of rotatable bonds is 7. The average Bonchev–Trinajstić information content (AvgIpc) is 2.45. The van der Waals surface area contributed by atoms with E-state index in [2.05, 4.69) is 5.32 Å². The Morgan fingerprint density at radius 2 is 2.11 bits per heavy atom. The van der Waals surface area contributed by atoms with E-state index in [1.54, 1.807) is 14.0 Å². The standard InChI is InChI=1S/C14H21NO4/c1-14(15-2,13(17)18-3)10-19-12-7-5-4-6-11(12)8-9-16/h4-7,15-16H,8-10H2,1-3H3. The lowest BCUT2D eigenvalue weighted by molar-refractivity contribution is -0.148. The molecule has 5 nitrogen and oxygen atoms in total. The number of likely N-dealkylation sites (N-methyl/N-ethyl adjacent to an activating group) is 1. The van der Waals surface area contributed by atoms with E-state index in [0.717, 1.165) is 5.56 Å². The molecule has 0 aromatic heterocycles. The van der Waals surface area contributed by atoms with Gasteiger partial charge < -0.3 is 19.9 Å². The SMILES string of the molecule is CNC(C)(COc1ccccc1CCO)C(=O)OC. The van der Waals surface area contributed by atoms with Crippen LogP contribution in [0.15, 0.2) is 24.3 Å². The van der Waals surface area contributed by atoms with Gasteiger partial charge in [-0.3, -0.25) is 0 Å². The van der Waals surface area contributed by atoms with Crippen molar-refractivity contribution in [1.82, 2.24) is 5.32 Å². The van der Waals surface area contributed by atoms with Crippen molar-refractivity contribution >= 4 is 5.97 Å². The minimum Gasteiger partial charge on any atom is -0.491 e. The normalized spacial score (nSPS) is 13.7. The van der Waals surface area contributed by atoms with Crippen LogP contribution in [0.5, 0.6) is 5.75 Å². The number of carbonyl (C=O) groups excluding carboxylic acids is 1. The number of esters is 1. The molecule has 0 saturated carbocycles. The Labute approximate surface area is 113 Å². The van der Waals surface area contributed by atoms with Gasteiger partial charge in [-0.25, -0.2) is 4.79 Å². The van der Waals surface area contributed by atoms with Crippen molar-refractivity contribution in [1.29, 1.82) is 0 Å². The fraction of sp³-hybridized carbons (Fsp3) is 0.500. The Balaban J connectivity index is 2.77. The molecule has 106 valence electrons. The summed E-state index contributed by atoms with van der Waals surface area (Å²) in [7, 11) is 3.03. The third kappa shape index (κ3) is 3.94. The van der Waals surface area contributed by atoms with Crippen LogP contribution in [-0.4, -0.2) is 44.0 Å². The van der Waals surface area contributed by atoms with Crippen molar-refractivity contribution in [3.63, 3.8) is 0 Å². The Bertz CT molecular complexity index is 422. The van der Waals surface area contributed by atoms with Crippen LogP contribution in [-0.2, 0) is 16.0 Å². The van der Waals surface area contributed by atoms with Gasteiger partial charge in [0.1, 0.15) is 17.9 Å². The van der Waals surface area contributed by atoms with Crippen molar-refractivity contribution in [2.45, 2.75) is 18.9 Å². The van der Waals surface area contributed by atoms with Crippen molar-refractivity contribution in [2.24, 2.45) is 0 Å². The summed E-state index contributed by atoms with van der Waals surface area (Å²) in [4.78, 5) is 11.7. The number of aliphatic hydroxyl groups is 1. The van der Waals surface area contributed by atoms with Crippen molar-refractivity contribution < 1.29 is 19.4 Å². The van der Waals surface area contributed by atoms with Crippen LogP contribution in [0.2, 0.25) is 0 Å². The molecular weight excluding hydrogens is 246 g/mol. The van der Waals surface area contributed by atoms with Gasteiger partial charge in [0, 0.05) is 6.61 Å². The smallest absolute Gasteiger partial charge is 0.329 e. The summed E-state index contributed by atoms with van der Waals surface area (Å²) in [5.74, 6) is 0.288. The van der Waals surface area contributed by atoms with Crippen LogP contribution in [0.3, 0.4) is 0 Å². The van der Waals surface area contributed by atoms with E-state index in [9.17, 15) is 4.79 Å². The highest BCUT2D eigenvalue weighted by atomic mass is 16.5. The largest absolute Gasteiger partial charge is 0.491 e. The topological polar surface area (TPSA) is 67.8 Å². The summed E-state index contributed by atoms with van der Waals surface area (Å²) in [6.07, 6.45) is 0.519. The summed E-state index contributed by atoms with van der Waals surface area (Å²) < 4.78 is 10.4. The Hall–Kier alpha value is -1.59. The summed E-state index contributed by atoms with van der Waals surface area (Å²) >= 11 is 0. The van der Waals surface area contributed by atoms with Gasteiger partial charge in [-0.1, -0.05) is 18.2 Å². The Kier molecular flexibility index (Phi) is 5.79. The predicted octanol–water partition coefficient (Wildman–Crippen LogP) is 0.751. The third-order valence-electron chi connectivity index (χ3n) is 3.06. The summed E-state index contributed by atoms with van der Waals surface area (Å²) in [6, 6.07) is 7.44. The van der Waals surface area contributed by atoms with Gasteiger partial charge in [-0.15, -0.1) is 0 Å². The molecule has 0 heterocycles. The molecule has 0 aliphatic rings. The molecule has 0 amide bonds. The maximum absolute atomic E-state index is 11.7. The minimum absolute atomic E-state index is 0.0562. The first-order chi connectivity index (χ1) is 9.07. The van der Waals surface area contributed by atoms with Crippen molar-refractivity contribution in [3.8, 4) is 5.75 Å². The number of carbonyl (C=O) groups is 1. The lowest BCUT2D eigenvalue weighted by Gasteiger charge is -2.26. The molecule has 5 heteroatoms. The minimum atomic E-state index is -0.902. The molecule has 1 unspecified atom stereocenters. The molecular formula is C14H21NO4. The monoisotopic (exact) mass is 267 g/mol. The number of ether oxygens (including phenoxy) is 2. The van der Waals surface area contributed by atoms with E-state index in [4.69, 9.17) is 14.6 Å². The molecule has 1 atom stereocenters. The predicted molar refractivity (Wildman–Crippen MR) is 72.2 cm³/mol. The molecule has 0 saturated heterocycles. The van der Waals surface area contributed by atoms with E-state index >= 15 is 0 Å². The summed E-state index contributed by atoms with van der Waals surface area (Å²) in [5.41, 5.74) is 0.00877. The molecule has 0 aliphatic carbocycles. The Morgan fingerprint density at radius 3 is 2.68 bits per heavy atom. The van der Waals surface area contributed by atoms with Crippen molar-refractivity contribution in [2.75, 3.05) is 27.4 Å². The molecule has 0 fully saturated rings. The number of methoxy groups -OCH3 is 1. The van der Waals surface area contributed by atoms with E-state index in [-0.39, 0.29) is 19.2 Å². The van der Waals surface area contributed by atoms with E-state index in [0.29, 0.717) is 12.2 Å². The zero-order valence-electron chi connectivity index (χ0n) is 11.6. The zero-order chi connectivity index (χ0) is 14.3. The second kappa shape index (κ2) is 7.11. The molecule has 0 aliphatic heterocycles. The first-order valence-corrected chi connectivity index (χ1v) is 6.16. The highest BCUT2D eigenvalue weighted by molar-refractivity contribution is 5.80. The lowest BCUT2D eigenvalue weighted by Crippen LogP contribution is -2.52. The van der Waals surface area contributed by atoms with Gasteiger partial charge in [-0.05, 0) is 32.0 Å². The summed E-state index contributed by atoms with van der Waals surface area (Å²) in [5, 5.41) is 11.9. The molecule has 19 heavy (non-hydrogen) atoms. The molecule has 0 bridgehead atoms. The van der Waals surface area contributed by atoms with Gasteiger partial charge in [0.05, 0.1) is 7.11 Å². The molecule has 1 aromatic carbocycles. The van der Waals surface area contributed by atoms with Crippen LogP contribution < -0.4 is 10.1 Å². The van der Waals surface area contributed by atoms with Gasteiger partial charge in [0.2, 0.25) is 0 Å². The van der Waals surface area contributed by atoms with Gasteiger partial charge in [0.15, 0.2) is 0 Å². The van der Waals surface area contributed by atoms with Crippen LogP contribution >= 0.6 is 0 Å². The number of benzene rings is 1. The Morgan fingerprint density at radius 1 is 1.42 bits per heavy atom. The highest BCUT2D eigenvalue weighted by Gasteiger charge is 2.33. The van der Waals surface area contributed by atoms with Crippen LogP contribution in [0.4, 0.5) is 0 Å². The molecule has 1 rings (SSSR count). The molecule has 0 radical (unpaired) electrons. The quantitative estimate of drug-likeness (QED) is 0.714. The van der Waals surface area contributed by atoms with E-state index in [1.807, 2.05) is 24.3 Å². The molecule has 0 spiro atoms. The number of hydrogen-bond donors (Lipinski definition) is 2. The van der Waals surface area contributed by atoms with Gasteiger partial charge >= 0.3 is 5.97 Å². The number of hydrogen-bond acceptors (Lipinski definition) is 5.